The van der Waals surface area contributed by atoms with E-state index in [4.69, 9.17) is 0 Å². The van der Waals surface area contributed by atoms with Gasteiger partial charge in [-0.15, -0.1) is 0 Å². The van der Waals surface area contributed by atoms with Crippen LogP contribution in [0, 0.1) is 0 Å². The van der Waals surface area contributed by atoms with Crippen molar-refractivity contribution in [3.05, 3.63) is 60.2 Å². The minimum absolute atomic E-state index is 0.0237. The Kier molecular flexibility index (Phi) is 6.66. The third kappa shape index (κ3) is 5.57. The molecule has 6 nitrogen and oxygen atoms in total. The summed E-state index contributed by atoms with van der Waals surface area (Å²) in [6, 6.07) is 16.5. The van der Waals surface area contributed by atoms with Crippen LogP contribution < -0.4 is 15.1 Å². The summed E-state index contributed by atoms with van der Waals surface area (Å²) in [5.74, 6) is 0.161. The van der Waals surface area contributed by atoms with Gasteiger partial charge in [-0.05, 0) is 43.2 Å². The third-order valence-corrected chi connectivity index (χ3v) is 5.20. The number of rotatable bonds is 7. The largest absolute Gasteiger partial charge is 0.508 e. The molecule has 0 saturated carbocycles. The molecule has 0 bridgehead atoms. The van der Waals surface area contributed by atoms with Crippen LogP contribution in [-0.4, -0.2) is 55.6 Å². The molecule has 1 fully saturated rings. The number of nitrogens with zero attached hydrogens (tertiary/aromatic N) is 1. The molecule has 1 heterocycles. The minimum Gasteiger partial charge on any atom is -0.508 e. The Morgan fingerprint density at radius 3 is 2.32 bits per heavy atom. The van der Waals surface area contributed by atoms with Gasteiger partial charge in [0.15, 0.2) is 12.3 Å². The number of amides is 1. The number of hydrogen-bond donors (Lipinski definition) is 3. The molecule has 0 aliphatic carbocycles. The highest BCUT2D eigenvalue weighted by molar-refractivity contribution is 5.88. The van der Waals surface area contributed by atoms with Crippen LogP contribution in [0.4, 0.5) is 5.69 Å². The Morgan fingerprint density at radius 2 is 1.71 bits per heavy atom. The SMILES string of the molecule is CC(=O)[C@@H](Cc1ccccc1)NC(=O)C[NH+]1CCN(c2ccc(O)cc2)CC1. The van der Waals surface area contributed by atoms with E-state index in [0.717, 1.165) is 37.4 Å². The topological polar surface area (TPSA) is 74.1 Å². The zero-order chi connectivity index (χ0) is 19.9. The summed E-state index contributed by atoms with van der Waals surface area (Å²) in [6.07, 6.45) is 0.520. The van der Waals surface area contributed by atoms with Crippen LogP contribution in [0.15, 0.2) is 54.6 Å². The summed E-state index contributed by atoms with van der Waals surface area (Å²) in [7, 11) is 0. The number of piperazine rings is 1. The summed E-state index contributed by atoms with van der Waals surface area (Å²) >= 11 is 0. The maximum absolute atomic E-state index is 12.5. The van der Waals surface area contributed by atoms with Gasteiger partial charge in [-0.1, -0.05) is 30.3 Å². The highest BCUT2D eigenvalue weighted by Gasteiger charge is 2.24. The van der Waals surface area contributed by atoms with Gasteiger partial charge in [-0.2, -0.15) is 0 Å². The van der Waals surface area contributed by atoms with E-state index in [-0.39, 0.29) is 17.4 Å². The van der Waals surface area contributed by atoms with Crippen molar-refractivity contribution in [1.82, 2.24) is 5.32 Å². The van der Waals surface area contributed by atoms with Crippen LogP contribution in [0.1, 0.15) is 12.5 Å². The maximum Gasteiger partial charge on any atom is 0.275 e. The van der Waals surface area contributed by atoms with Crippen molar-refractivity contribution < 1.29 is 19.6 Å². The molecule has 1 amide bonds. The smallest absolute Gasteiger partial charge is 0.275 e. The van der Waals surface area contributed by atoms with Crippen LogP contribution in [0.5, 0.6) is 5.75 Å². The van der Waals surface area contributed by atoms with Gasteiger partial charge >= 0.3 is 0 Å². The number of phenols is 1. The fourth-order valence-corrected chi connectivity index (χ4v) is 3.54. The first-order chi connectivity index (χ1) is 13.5. The van der Waals surface area contributed by atoms with Crippen molar-refractivity contribution in [3.63, 3.8) is 0 Å². The zero-order valence-electron chi connectivity index (χ0n) is 16.2. The lowest BCUT2D eigenvalue weighted by Gasteiger charge is -2.33. The lowest BCUT2D eigenvalue weighted by atomic mass is 10.0. The second-order valence-corrected chi connectivity index (χ2v) is 7.35. The van der Waals surface area contributed by atoms with Crippen molar-refractivity contribution in [3.8, 4) is 5.75 Å². The quantitative estimate of drug-likeness (QED) is 0.649. The number of ketones is 1. The molecule has 2 aromatic carbocycles. The molecule has 148 valence electrons. The highest BCUT2D eigenvalue weighted by Crippen LogP contribution is 2.18. The number of nitrogens with one attached hydrogen (secondary N) is 2. The average Bonchev–Trinajstić information content (AvgIpc) is 2.69. The van der Waals surface area contributed by atoms with Crippen molar-refractivity contribution >= 4 is 17.4 Å². The Morgan fingerprint density at radius 1 is 1.07 bits per heavy atom. The van der Waals surface area contributed by atoms with Crippen molar-refractivity contribution in [2.45, 2.75) is 19.4 Å². The average molecular weight is 382 g/mol. The van der Waals surface area contributed by atoms with E-state index in [0.29, 0.717) is 13.0 Å². The molecule has 1 saturated heterocycles. The van der Waals surface area contributed by atoms with Crippen LogP contribution in [0.2, 0.25) is 0 Å². The number of hydrogen-bond acceptors (Lipinski definition) is 4. The molecule has 1 aliphatic rings. The Bertz CT molecular complexity index is 784. The summed E-state index contributed by atoms with van der Waals surface area (Å²) < 4.78 is 0. The van der Waals surface area contributed by atoms with E-state index < -0.39 is 6.04 Å². The first-order valence-corrected chi connectivity index (χ1v) is 9.72. The summed E-state index contributed by atoms with van der Waals surface area (Å²) in [5.41, 5.74) is 2.12. The molecule has 0 spiro atoms. The molecule has 3 N–H and O–H groups in total. The molecular weight excluding hydrogens is 354 g/mol. The van der Waals surface area contributed by atoms with Gasteiger partial charge in [0.1, 0.15) is 5.75 Å². The summed E-state index contributed by atoms with van der Waals surface area (Å²) in [5, 5.41) is 12.3. The molecule has 2 aromatic rings. The normalized spacial score (nSPS) is 15.8. The molecule has 1 aliphatic heterocycles. The van der Waals surface area contributed by atoms with E-state index >= 15 is 0 Å². The van der Waals surface area contributed by atoms with Crippen molar-refractivity contribution in [2.75, 3.05) is 37.6 Å². The van der Waals surface area contributed by atoms with Crippen LogP contribution in [0.25, 0.3) is 0 Å². The second kappa shape index (κ2) is 9.37. The Labute approximate surface area is 165 Å². The van der Waals surface area contributed by atoms with Crippen LogP contribution >= 0.6 is 0 Å². The minimum atomic E-state index is -0.479. The molecular formula is C22H28N3O3+. The molecule has 0 radical (unpaired) electrons. The fraction of sp³-hybridized carbons (Fsp3) is 0.364. The molecule has 0 aromatic heterocycles. The van der Waals surface area contributed by atoms with Crippen LogP contribution in [0.3, 0.4) is 0 Å². The van der Waals surface area contributed by atoms with Gasteiger partial charge in [-0.25, -0.2) is 0 Å². The molecule has 3 rings (SSSR count). The van der Waals surface area contributed by atoms with E-state index in [1.165, 1.54) is 11.8 Å². The van der Waals surface area contributed by atoms with Gasteiger partial charge in [0.2, 0.25) is 0 Å². The lowest BCUT2D eigenvalue weighted by Crippen LogP contribution is -3.16. The number of carbonyl (C=O) groups excluding carboxylic acids is 2. The van der Waals surface area contributed by atoms with Crippen LogP contribution in [-0.2, 0) is 16.0 Å². The number of benzene rings is 2. The van der Waals surface area contributed by atoms with Crippen molar-refractivity contribution in [2.24, 2.45) is 0 Å². The van der Waals surface area contributed by atoms with Gasteiger partial charge in [-0.3, -0.25) is 9.59 Å². The van der Waals surface area contributed by atoms with Gasteiger partial charge < -0.3 is 20.2 Å². The fourth-order valence-electron chi connectivity index (χ4n) is 3.54. The molecule has 0 unspecified atom stereocenters. The number of phenolic OH excluding ortho intramolecular Hbond substituents is 1. The van der Waals surface area contributed by atoms with Crippen molar-refractivity contribution in [1.29, 1.82) is 0 Å². The number of quaternary nitrogens is 1. The summed E-state index contributed by atoms with van der Waals surface area (Å²) in [4.78, 5) is 27.9. The standard InChI is InChI=1S/C22H27N3O3/c1-17(26)21(15-18-5-3-2-4-6-18)23-22(28)16-24-11-13-25(14-12-24)19-7-9-20(27)10-8-19/h2-10,21,27H,11-16H2,1H3,(H,23,28)/p+1/t21-/m1/s1. The lowest BCUT2D eigenvalue weighted by molar-refractivity contribution is -0.892. The zero-order valence-corrected chi connectivity index (χ0v) is 16.2. The number of carbonyl (C=O) groups is 2. The maximum atomic E-state index is 12.5. The third-order valence-electron chi connectivity index (χ3n) is 5.20. The van der Waals surface area contributed by atoms with Gasteiger partial charge in [0.25, 0.3) is 5.91 Å². The van der Waals surface area contributed by atoms with E-state index in [1.54, 1.807) is 12.1 Å². The summed E-state index contributed by atoms with van der Waals surface area (Å²) in [6.45, 7) is 5.33. The predicted octanol–water partition coefficient (Wildman–Crippen LogP) is 0.414. The second-order valence-electron chi connectivity index (χ2n) is 7.35. The number of aromatic hydroxyl groups is 1. The van der Waals surface area contributed by atoms with E-state index in [9.17, 15) is 14.7 Å². The predicted molar refractivity (Wildman–Crippen MR) is 109 cm³/mol. The first kappa shape index (κ1) is 19.9. The van der Waals surface area contributed by atoms with E-state index in [1.807, 2.05) is 42.5 Å². The van der Waals surface area contributed by atoms with Gasteiger partial charge in [0.05, 0.1) is 32.2 Å². The molecule has 28 heavy (non-hydrogen) atoms. The Hall–Kier alpha value is -2.86. The molecule has 6 heteroatoms. The van der Waals surface area contributed by atoms with E-state index in [2.05, 4.69) is 10.2 Å². The van der Waals surface area contributed by atoms with Gasteiger partial charge in [0, 0.05) is 5.69 Å². The number of Topliss-reactive ketones (excluding diaryl/α,β-unsaturated/α-hetero) is 1. The number of anilines is 1. The Balaban J connectivity index is 1.48. The monoisotopic (exact) mass is 382 g/mol. The highest BCUT2D eigenvalue weighted by atomic mass is 16.3. The first-order valence-electron chi connectivity index (χ1n) is 9.72. The molecule has 1 atom stereocenters.